The Morgan fingerprint density at radius 1 is 0.378 bits per heavy atom. The minimum atomic E-state index is -3.51. The van der Waals surface area contributed by atoms with E-state index in [0.29, 0.717) is 98.3 Å². The summed E-state index contributed by atoms with van der Waals surface area (Å²) in [4.78, 5) is 105. The van der Waals surface area contributed by atoms with Crippen molar-refractivity contribution in [2.75, 3.05) is 172 Å². The van der Waals surface area contributed by atoms with Crippen molar-refractivity contribution in [3.63, 3.8) is 0 Å². The van der Waals surface area contributed by atoms with Crippen molar-refractivity contribution < 1.29 is 59.7 Å². The van der Waals surface area contributed by atoms with Crippen molar-refractivity contribution in [3.8, 4) is 50.6 Å². The Bertz CT molecular complexity index is 6350. The van der Waals surface area contributed by atoms with E-state index in [0.717, 1.165) is 193 Å². The van der Waals surface area contributed by atoms with Crippen LogP contribution in [0.3, 0.4) is 0 Å². The van der Waals surface area contributed by atoms with Crippen LogP contribution in [0.5, 0.6) is 0 Å². The number of carbonyl (C=O) groups excluding carboxylic acids is 4. The number of anilines is 8. The third kappa shape index (κ3) is 25.8. The molecule has 5 saturated heterocycles. The van der Waals surface area contributed by atoms with E-state index < -0.39 is 36.9 Å². The molecule has 700 valence electrons. The van der Waals surface area contributed by atoms with Crippen LogP contribution in [0.15, 0.2) is 211 Å². The largest absolute Gasteiger partial charge is 0.381 e. The predicted octanol–water partition coefficient (Wildman–Crippen LogP) is 14.8. The van der Waals surface area contributed by atoms with Gasteiger partial charge in [-0.3, -0.25) is 44.1 Å². The highest BCUT2D eigenvalue weighted by molar-refractivity contribution is 7.91. The first-order chi connectivity index (χ1) is 64.8. The van der Waals surface area contributed by atoms with Crippen molar-refractivity contribution in [1.82, 2.24) is 49.8 Å². The first kappa shape index (κ1) is 97.2. The summed E-state index contributed by atoms with van der Waals surface area (Å²) >= 11 is 0. The van der Waals surface area contributed by atoms with E-state index in [1.165, 1.54) is 30.5 Å². The van der Waals surface area contributed by atoms with Gasteiger partial charge in [0, 0.05) is 200 Å². The second-order valence-corrected chi connectivity index (χ2v) is 38.8. The van der Waals surface area contributed by atoms with Crippen LogP contribution in [0.1, 0.15) is 135 Å². The number of nitrogens with one attached hydrogen (secondary N) is 4. The van der Waals surface area contributed by atoms with Crippen molar-refractivity contribution in [2.45, 2.75) is 102 Å². The molecule has 0 unspecified atom stereocenters. The SMILES string of the molecule is Cc1ccc(NC(=O)c2ccnc(C(C)(C)C#N)c2)cc1-c1cc(C2CCOCC2)nc(N2CCOCC2)c1.Cc1ncc(NC(=O)c2cccc(S(C)(=O)=O)c2)cc1-c1ccnc(N2CCOCC2)c1.Cc1ncc(NC(=O)c2ccnc(C(C)(C)C)c2)cc1-c1ccnc(N2CCOCC2)c1.Cc1ncc(NC(=O)c2ccnc(S(C)(=O)=O)c2)cc1-c1ccnc(N2CCOCC2)c1. The van der Waals surface area contributed by atoms with Crippen molar-refractivity contribution in [1.29, 1.82) is 5.26 Å². The summed E-state index contributed by atoms with van der Waals surface area (Å²) < 4.78 is 74.5. The van der Waals surface area contributed by atoms with Crippen LogP contribution >= 0.6 is 0 Å². The van der Waals surface area contributed by atoms with Gasteiger partial charge in [-0.25, -0.2) is 41.8 Å². The maximum Gasteiger partial charge on any atom is 0.255 e. The van der Waals surface area contributed by atoms with Gasteiger partial charge < -0.3 is 64.6 Å². The summed E-state index contributed by atoms with van der Waals surface area (Å²) in [6.45, 7) is 31.1. The van der Waals surface area contributed by atoms with E-state index in [9.17, 15) is 41.3 Å². The number of hydrogen-bond acceptors (Lipinski definition) is 28. The Labute approximate surface area is 787 Å². The number of benzene rings is 2. The fourth-order valence-electron chi connectivity index (χ4n) is 15.6. The number of carbonyl (C=O) groups is 4. The zero-order valence-corrected chi connectivity index (χ0v) is 79.2. The van der Waals surface area contributed by atoms with E-state index in [1.807, 2.05) is 99.8 Å². The fraction of sp³-hybridized carbons (Fsp3) is 0.337. The Kier molecular flexibility index (Phi) is 31.6. The lowest BCUT2D eigenvalue weighted by Crippen LogP contribution is -2.37. The standard InChI is InChI=1S/C31H35N5O3.C25H29N5O2.C23H24N4O4S.C22H23N5O4S/c1-21-4-5-25(34-30(37)23-6-9-33-28(17-23)31(2,3)20-32)19-26(21)24-16-27(22-7-12-38-13-8-22)35-29(18-24)36-10-14-39-15-11-36;1-17-21(18-5-8-27-23(14-18)30-9-11-32-12-10-30)15-20(16-28-17)29-24(31)19-6-7-26-22(13-19)25(2,3)4;1-16-21(17-6-7-24-22(13-17)27-8-10-31-11-9-27)14-19(15-25-16)26-23(28)18-4-3-5-20(12-18)32(2,29)30;1-15-19(16-3-5-23-20(11-16)27-7-9-31-10-8-27)13-18(14-25-15)26-22(28)17-4-6-24-21(12-17)32(2,29)30/h4-6,9,16-19,22H,7-8,10-15H2,1-3H3,(H,34,37);5-8,13-16H,9-12H2,1-4H3,(H,29,31);3-7,12-15H,8-11H2,1-2H3,(H,26,28);3-6,11-14H,7-10H2,1-2H3,(H,26,28). The van der Waals surface area contributed by atoms with Gasteiger partial charge in [0.05, 0.1) is 111 Å². The molecule has 5 fully saturated rings. The summed E-state index contributed by atoms with van der Waals surface area (Å²) in [5.41, 5.74) is 16.9. The predicted molar refractivity (Wildman–Crippen MR) is 520 cm³/mol. The third-order valence-corrected chi connectivity index (χ3v) is 25.5. The molecule has 0 saturated carbocycles. The van der Waals surface area contributed by atoms with E-state index in [1.54, 1.807) is 87.6 Å². The van der Waals surface area contributed by atoms with Gasteiger partial charge in [-0.2, -0.15) is 5.26 Å². The molecule has 32 nitrogen and oxygen atoms in total. The second-order valence-electron chi connectivity index (χ2n) is 34.8. The number of ether oxygens (including phenoxy) is 5. The molecule has 0 atom stereocenters. The molecule has 15 heterocycles. The molecule has 10 aromatic heterocycles. The molecular weight excluding hydrogens is 1750 g/mol. The first-order valence-corrected chi connectivity index (χ1v) is 48.4. The van der Waals surface area contributed by atoms with Gasteiger partial charge >= 0.3 is 0 Å². The smallest absolute Gasteiger partial charge is 0.255 e. The molecule has 0 bridgehead atoms. The lowest BCUT2D eigenvalue weighted by atomic mass is 9.90. The molecule has 5 aliphatic rings. The molecule has 135 heavy (non-hydrogen) atoms. The lowest BCUT2D eigenvalue weighted by molar-refractivity contribution is 0.0845. The maximum atomic E-state index is 13.2. The van der Waals surface area contributed by atoms with Crippen molar-refractivity contribution in [2.24, 2.45) is 0 Å². The minimum absolute atomic E-state index is 0.0975. The van der Waals surface area contributed by atoms with Gasteiger partial charge in [0.25, 0.3) is 23.6 Å². The zero-order valence-electron chi connectivity index (χ0n) is 77.6. The van der Waals surface area contributed by atoms with E-state index >= 15 is 0 Å². The number of aromatic nitrogens is 10. The number of sulfone groups is 2. The second kappa shape index (κ2) is 43.9. The molecule has 4 N–H and O–H groups in total. The van der Waals surface area contributed by atoms with Gasteiger partial charge in [-0.15, -0.1) is 0 Å². The van der Waals surface area contributed by atoms with E-state index in [-0.39, 0.29) is 38.3 Å². The average molecular weight is 1860 g/mol. The summed E-state index contributed by atoms with van der Waals surface area (Å²) in [7, 11) is -6.92. The monoisotopic (exact) mass is 1860 g/mol. The number of hydrogen-bond donors (Lipinski definition) is 4. The normalized spacial score (nSPS) is 14.9. The molecule has 2 aromatic carbocycles. The molecule has 0 spiro atoms. The van der Waals surface area contributed by atoms with Crippen LogP contribution in [0.4, 0.5) is 46.0 Å². The molecule has 0 radical (unpaired) electrons. The van der Waals surface area contributed by atoms with Crippen LogP contribution < -0.4 is 40.9 Å². The topological polar surface area (TPSA) is 396 Å². The Balaban J connectivity index is 0.000000145. The van der Waals surface area contributed by atoms with Crippen LogP contribution in [0.2, 0.25) is 0 Å². The number of pyridine rings is 10. The van der Waals surface area contributed by atoms with Gasteiger partial charge in [-0.05, 0) is 221 Å². The molecule has 12 aromatic rings. The van der Waals surface area contributed by atoms with Crippen molar-refractivity contribution in [3.05, 3.63) is 263 Å². The van der Waals surface area contributed by atoms with Gasteiger partial charge in [0.2, 0.25) is 0 Å². The van der Waals surface area contributed by atoms with E-state index in [4.69, 9.17) is 28.7 Å². The average Bonchev–Trinajstić information content (AvgIpc) is 0.794. The summed E-state index contributed by atoms with van der Waals surface area (Å²) in [5.74, 6) is 2.71. The number of rotatable bonds is 20. The van der Waals surface area contributed by atoms with Gasteiger partial charge in [0.1, 0.15) is 23.3 Å². The quantitative estimate of drug-likeness (QED) is 0.0550. The lowest BCUT2D eigenvalue weighted by Gasteiger charge is -2.30. The molecule has 4 amide bonds. The van der Waals surface area contributed by atoms with Crippen LogP contribution in [0, 0.1) is 39.0 Å². The number of morpholine rings is 4. The summed E-state index contributed by atoms with van der Waals surface area (Å²) in [5, 5.41) is 20.9. The van der Waals surface area contributed by atoms with Crippen LogP contribution in [-0.4, -0.2) is 221 Å². The molecule has 5 aliphatic heterocycles. The van der Waals surface area contributed by atoms with E-state index in [2.05, 4.69) is 138 Å². The molecule has 17 rings (SSSR count). The highest BCUT2D eigenvalue weighted by Crippen LogP contribution is 2.38. The Morgan fingerprint density at radius 2 is 0.748 bits per heavy atom. The Hall–Kier alpha value is -13.8. The number of aryl methyl sites for hydroxylation is 4. The van der Waals surface area contributed by atoms with Crippen molar-refractivity contribution >= 4 is 89.3 Å². The van der Waals surface area contributed by atoms with Crippen LogP contribution in [0.25, 0.3) is 44.5 Å². The summed E-state index contributed by atoms with van der Waals surface area (Å²) in [6.07, 6.45) is 18.8. The minimum Gasteiger partial charge on any atom is -0.381 e. The summed E-state index contributed by atoms with van der Waals surface area (Å²) in [6, 6.07) is 45.7. The Morgan fingerprint density at radius 3 is 1.17 bits per heavy atom. The van der Waals surface area contributed by atoms with Gasteiger partial charge in [-0.1, -0.05) is 32.9 Å². The van der Waals surface area contributed by atoms with Gasteiger partial charge in [0.15, 0.2) is 24.7 Å². The maximum absolute atomic E-state index is 13.2. The number of amides is 4. The highest BCUT2D eigenvalue weighted by atomic mass is 32.2. The van der Waals surface area contributed by atoms with Crippen LogP contribution in [-0.2, 0) is 54.2 Å². The molecule has 34 heteroatoms. The number of nitriles is 1. The zero-order chi connectivity index (χ0) is 95.6. The third-order valence-electron chi connectivity index (χ3n) is 23.5. The molecule has 0 aliphatic carbocycles. The fourth-order valence-corrected chi connectivity index (χ4v) is 16.8. The highest BCUT2D eigenvalue weighted by Gasteiger charge is 2.28. The first-order valence-electron chi connectivity index (χ1n) is 44.6. The molecular formula is C101H111N19O13S2. The number of nitrogens with zero attached hydrogens (tertiary/aromatic N) is 15.